The lowest BCUT2D eigenvalue weighted by atomic mass is 9.85. The molecule has 2 aromatic carbocycles. The van der Waals surface area contributed by atoms with Crippen LogP contribution < -0.4 is 15.9 Å². The molecular weight excluding hydrogens is 446 g/mol. The number of hydrazine groups is 1. The van der Waals surface area contributed by atoms with Crippen molar-refractivity contribution in [1.29, 1.82) is 0 Å². The van der Waals surface area contributed by atoms with E-state index in [1.54, 1.807) is 23.2 Å². The van der Waals surface area contributed by atoms with E-state index in [0.717, 1.165) is 31.5 Å². The summed E-state index contributed by atoms with van der Waals surface area (Å²) in [5, 5.41) is 19.2. The first kappa shape index (κ1) is 23.1. The van der Waals surface area contributed by atoms with Crippen molar-refractivity contribution in [1.82, 2.24) is 10.4 Å². The number of hydrogen-bond acceptors (Lipinski definition) is 5. The van der Waals surface area contributed by atoms with Gasteiger partial charge in [0.05, 0.1) is 16.8 Å². The summed E-state index contributed by atoms with van der Waals surface area (Å²) in [5.41, 5.74) is 5.59. The minimum atomic E-state index is -0.333. The number of anilines is 1. The number of hydrazone groups is 1. The molecule has 0 saturated carbocycles. The first-order valence-electron chi connectivity index (χ1n) is 10.8. The zero-order valence-electron chi connectivity index (χ0n) is 17.7. The molecule has 2 aliphatic rings. The summed E-state index contributed by atoms with van der Waals surface area (Å²) < 4.78 is 0. The normalized spacial score (nSPS) is 21.5. The number of amides is 1. The van der Waals surface area contributed by atoms with Gasteiger partial charge in [-0.15, -0.1) is 0 Å². The molecule has 4 rings (SSSR count). The molecule has 1 saturated heterocycles. The van der Waals surface area contributed by atoms with E-state index in [9.17, 15) is 9.90 Å². The van der Waals surface area contributed by atoms with Gasteiger partial charge in [-0.2, -0.15) is 5.10 Å². The van der Waals surface area contributed by atoms with Crippen LogP contribution in [0.15, 0.2) is 47.6 Å². The lowest BCUT2D eigenvalue weighted by Gasteiger charge is -2.29. The molecule has 32 heavy (non-hydrogen) atoms. The summed E-state index contributed by atoms with van der Waals surface area (Å²) in [7, 11) is 5.90. The van der Waals surface area contributed by atoms with Gasteiger partial charge in [-0.05, 0) is 43.0 Å². The molecule has 9 heteroatoms. The molecule has 2 N–H and O–H groups in total. The van der Waals surface area contributed by atoms with Gasteiger partial charge in [-0.1, -0.05) is 59.4 Å². The molecule has 6 nitrogen and oxygen atoms in total. The average Bonchev–Trinajstić information content (AvgIpc) is 3.14. The monoisotopic (exact) mass is 470 g/mol. The number of halogens is 2. The molecule has 0 aliphatic carbocycles. The van der Waals surface area contributed by atoms with Gasteiger partial charge in [0, 0.05) is 30.6 Å². The second kappa shape index (κ2) is 10.3. The third-order valence-corrected chi connectivity index (χ3v) is 6.47. The van der Waals surface area contributed by atoms with Crippen LogP contribution in [0, 0.1) is 5.92 Å². The smallest absolute Gasteiger partial charge is 0.282 e. The third kappa shape index (κ3) is 4.96. The number of rotatable bonds is 6. The molecule has 0 bridgehead atoms. The Hall–Kier alpha value is -2.06. The van der Waals surface area contributed by atoms with Crippen LogP contribution >= 0.6 is 23.2 Å². The van der Waals surface area contributed by atoms with Gasteiger partial charge in [0.15, 0.2) is 0 Å². The van der Waals surface area contributed by atoms with Crippen LogP contribution in [0.2, 0.25) is 10.0 Å². The molecule has 1 amide bonds. The highest BCUT2D eigenvalue weighted by molar-refractivity contribution is 6.41. The minimum absolute atomic E-state index is 0.0751. The first-order valence-corrected chi connectivity index (χ1v) is 11.6. The lowest BCUT2D eigenvalue weighted by molar-refractivity contribution is -0.120. The first-order chi connectivity index (χ1) is 15.5. The van der Waals surface area contributed by atoms with Crippen molar-refractivity contribution in [2.45, 2.75) is 31.7 Å². The van der Waals surface area contributed by atoms with Gasteiger partial charge >= 0.3 is 0 Å². The van der Waals surface area contributed by atoms with Crippen LogP contribution in [0.4, 0.5) is 5.69 Å². The molecule has 2 aromatic rings. The maximum atomic E-state index is 13.3. The number of hydrogen-bond donors (Lipinski definition) is 2. The van der Waals surface area contributed by atoms with Gasteiger partial charge < -0.3 is 5.11 Å². The quantitative estimate of drug-likeness (QED) is 0.636. The number of piperidine rings is 1. The largest absolute Gasteiger partial charge is 0.396 e. The van der Waals surface area contributed by atoms with Crippen molar-refractivity contribution in [3.05, 3.63) is 58.1 Å². The standard InChI is InChI=1S/C23H25BCl2N4O2/c24-16-6-4-15(5-7-16)22-18(10-13-31)21(23(32)28-29-11-2-1-3-12-29)27-30(22)20-9-8-17(25)14-19(20)26/h4-9,14,18,22,31H,1-3,10-13H2,(H,28,32). The van der Waals surface area contributed by atoms with Crippen molar-refractivity contribution < 1.29 is 9.90 Å². The fourth-order valence-corrected chi connectivity index (χ4v) is 4.86. The molecular formula is C23H25BCl2N4O2. The van der Waals surface area contributed by atoms with Crippen molar-refractivity contribution in [3.63, 3.8) is 0 Å². The minimum Gasteiger partial charge on any atom is -0.396 e. The number of carbonyl (C=O) groups is 1. The van der Waals surface area contributed by atoms with Crippen molar-refractivity contribution in [3.8, 4) is 0 Å². The zero-order chi connectivity index (χ0) is 22.7. The second-order valence-corrected chi connectivity index (χ2v) is 8.99. The van der Waals surface area contributed by atoms with E-state index < -0.39 is 0 Å². The topological polar surface area (TPSA) is 68.2 Å². The van der Waals surface area contributed by atoms with Crippen LogP contribution in [0.25, 0.3) is 0 Å². The molecule has 2 aliphatic heterocycles. The second-order valence-electron chi connectivity index (χ2n) is 8.14. The molecule has 2 unspecified atom stereocenters. The van der Waals surface area contributed by atoms with E-state index >= 15 is 0 Å². The zero-order valence-corrected chi connectivity index (χ0v) is 19.2. The Morgan fingerprint density at radius 1 is 1.12 bits per heavy atom. The number of benzene rings is 2. The highest BCUT2D eigenvalue weighted by Crippen LogP contribution is 2.43. The molecule has 0 spiro atoms. The molecule has 1 fully saturated rings. The Kier molecular flexibility index (Phi) is 7.41. The Labute approximate surface area is 199 Å². The van der Waals surface area contributed by atoms with Crippen LogP contribution in [0.5, 0.6) is 0 Å². The molecule has 166 valence electrons. The average molecular weight is 471 g/mol. The van der Waals surface area contributed by atoms with E-state index in [0.29, 0.717) is 33.3 Å². The summed E-state index contributed by atoms with van der Waals surface area (Å²) in [5.74, 6) is -0.585. The fraction of sp³-hybridized carbons (Fsp3) is 0.391. The van der Waals surface area contributed by atoms with Crippen molar-refractivity contribution in [2.24, 2.45) is 11.0 Å². The summed E-state index contributed by atoms with van der Waals surface area (Å²) in [6, 6.07) is 12.3. The predicted octanol–water partition coefficient (Wildman–Crippen LogP) is 3.22. The number of carbonyl (C=O) groups excluding carboxylic acids is 1. The molecule has 2 radical (unpaired) electrons. The Bertz CT molecular complexity index is 996. The van der Waals surface area contributed by atoms with Crippen molar-refractivity contribution in [2.75, 3.05) is 24.7 Å². The fourth-order valence-electron chi connectivity index (χ4n) is 4.36. The van der Waals surface area contributed by atoms with E-state index in [-0.39, 0.29) is 24.5 Å². The van der Waals surface area contributed by atoms with Crippen LogP contribution in [0.1, 0.15) is 37.3 Å². The molecule has 0 aromatic heterocycles. The summed E-state index contributed by atoms with van der Waals surface area (Å²) >= 11 is 12.6. The Morgan fingerprint density at radius 2 is 1.84 bits per heavy atom. The highest BCUT2D eigenvalue weighted by atomic mass is 35.5. The van der Waals surface area contributed by atoms with E-state index in [4.69, 9.17) is 36.1 Å². The molecule has 2 heterocycles. The highest BCUT2D eigenvalue weighted by Gasteiger charge is 2.42. The summed E-state index contributed by atoms with van der Waals surface area (Å²) in [6.45, 7) is 1.56. The van der Waals surface area contributed by atoms with Gasteiger partial charge in [0.1, 0.15) is 13.6 Å². The maximum Gasteiger partial charge on any atom is 0.282 e. The van der Waals surface area contributed by atoms with E-state index in [2.05, 4.69) is 5.43 Å². The van der Waals surface area contributed by atoms with Gasteiger partial charge in [-0.25, -0.2) is 5.01 Å². The van der Waals surface area contributed by atoms with Crippen LogP contribution in [0.3, 0.4) is 0 Å². The van der Waals surface area contributed by atoms with Gasteiger partial charge in [-0.3, -0.25) is 15.2 Å². The summed E-state index contributed by atoms with van der Waals surface area (Å²) in [6.07, 6.45) is 3.65. The lowest BCUT2D eigenvalue weighted by Crippen LogP contribution is -2.48. The van der Waals surface area contributed by atoms with Crippen molar-refractivity contribution >= 4 is 53.8 Å². The number of aliphatic hydroxyl groups excluding tert-OH is 1. The van der Waals surface area contributed by atoms with Crippen LogP contribution in [-0.4, -0.2) is 49.3 Å². The van der Waals surface area contributed by atoms with Gasteiger partial charge in [0.2, 0.25) is 0 Å². The Balaban J connectivity index is 1.73. The molecule has 2 atom stereocenters. The summed E-state index contributed by atoms with van der Waals surface area (Å²) in [4.78, 5) is 13.3. The SMILES string of the molecule is [B]c1ccc(C2C(CCO)C(C(=O)NN3CCCCC3)=NN2c2ccc(Cl)cc2Cl)cc1. The number of aliphatic hydroxyl groups is 1. The van der Waals surface area contributed by atoms with Gasteiger partial charge in [0.25, 0.3) is 5.91 Å². The number of nitrogens with one attached hydrogen (secondary N) is 1. The third-order valence-electron chi connectivity index (χ3n) is 5.93. The van der Waals surface area contributed by atoms with E-state index in [1.165, 1.54) is 6.42 Å². The maximum absolute atomic E-state index is 13.3. The Morgan fingerprint density at radius 3 is 2.50 bits per heavy atom. The van der Waals surface area contributed by atoms with Crippen LogP contribution in [-0.2, 0) is 4.79 Å². The van der Waals surface area contributed by atoms with E-state index in [1.807, 2.05) is 29.3 Å². The predicted molar refractivity (Wildman–Crippen MR) is 130 cm³/mol. The number of nitrogens with zero attached hydrogens (tertiary/aromatic N) is 3.